The minimum atomic E-state index is 0.351. The van der Waals surface area contributed by atoms with E-state index in [4.69, 9.17) is 0 Å². The Morgan fingerprint density at radius 2 is 2.50 bits per heavy atom. The van der Waals surface area contributed by atoms with Crippen LogP contribution in [0, 0.1) is 11.8 Å². The van der Waals surface area contributed by atoms with Crippen molar-refractivity contribution in [2.45, 2.75) is 32.1 Å². The predicted molar refractivity (Wildman–Crippen MR) is 66.2 cm³/mol. The number of aryl methyl sites for hydroxylation is 1. The van der Waals surface area contributed by atoms with E-state index in [9.17, 15) is 0 Å². The van der Waals surface area contributed by atoms with Crippen molar-refractivity contribution in [3.05, 3.63) is 29.6 Å². The molecule has 0 bridgehead atoms. The van der Waals surface area contributed by atoms with Crippen LogP contribution in [0.5, 0.6) is 0 Å². The van der Waals surface area contributed by atoms with Crippen LogP contribution in [0.4, 0.5) is 0 Å². The summed E-state index contributed by atoms with van der Waals surface area (Å²) in [7, 11) is 0. The lowest BCUT2D eigenvalue weighted by atomic mass is 9.87. The zero-order chi connectivity index (χ0) is 11.2. The Kier molecular flexibility index (Phi) is 3.96. The summed E-state index contributed by atoms with van der Waals surface area (Å²) in [6.45, 7) is 3.86. The second-order valence-corrected chi connectivity index (χ2v) is 4.09. The standard InChI is InChI=1S/C14H18N2/c1-2-15-10-4-8-12-6-3-7-13-9-5-11-16-14(12)13/h5,9,11-12,15H,2-3,6-7,10H2,1H3. The quantitative estimate of drug-likeness (QED) is 0.602. The van der Waals surface area contributed by atoms with Crippen LogP contribution >= 0.6 is 0 Å². The highest BCUT2D eigenvalue weighted by molar-refractivity contribution is 5.32. The Labute approximate surface area is 97.5 Å². The van der Waals surface area contributed by atoms with Crippen molar-refractivity contribution in [3.63, 3.8) is 0 Å². The van der Waals surface area contributed by atoms with Gasteiger partial charge < -0.3 is 5.32 Å². The van der Waals surface area contributed by atoms with Gasteiger partial charge in [-0.3, -0.25) is 4.98 Å². The van der Waals surface area contributed by atoms with Gasteiger partial charge in [-0.05, 0) is 37.4 Å². The number of hydrogen-bond donors (Lipinski definition) is 1. The van der Waals surface area contributed by atoms with Crippen molar-refractivity contribution in [3.8, 4) is 11.8 Å². The SMILES string of the molecule is CCNCC#CC1CCCc2cccnc21. The number of aromatic nitrogens is 1. The molecular formula is C14H18N2. The molecular weight excluding hydrogens is 196 g/mol. The average Bonchev–Trinajstić information content (AvgIpc) is 2.35. The Morgan fingerprint density at radius 1 is 1.56 bits per heavy atom. The summed E-state index contributed by atoms with van der Waals surface area (Å²) in [4.78, 5) is 4.48. The number of nitrogens with zero attached hydrogens (tertiary/aromatic N) is 1. The van der Waals surface area contributed by atoms with Crippen LogP contribution in [0.15, 0.2) is 18.3 Å². The van der Waals surface area contributed by atoms with Gasteiger partial charge in [-0.15, -0.1) is 0 Å². The second-order valence-electron chi connectivity index (χ2n) is 4.09. The monoisotopic (exact) mass is 214 g/mol. The molecule has 16 heavy (non-hydrogen) atoms. The molecule has 1 atom stereocenters. The predicted octanol–water partition coefficient (Wildman–Crippen LogP) is 2.11. The Balaban J connectivity index is 2.09. The van der Waals surface area contributed by atoms with Gasteiger partial charge >= 0.3 is 0 Å². The van der Waals surface area contributed by atoms with Gasteiger partial charge in [0.05, 0.1) is 18.2 Å². The number of fused-ring (bicyclic) bond motifs is 1. The molecule has 0 saturated carbocycles. The smallest absolute Gasteiger partial charge is 0.0628 e. The fourth-order valence-corrected chi connectivity index (χ4v) is 2.11. The lowest BCUT2D eigenvalue weighted by Gasteiger charge is -2.19. The molecule has 2 rings (SSSR count). The molecule has 2 nitrogen and oxygen atoms in total. The van der Waals surface area contributed by atoms with Gasteiger partial charge in [0, 0.05) is 6.20 Å². The van der Waals surface area contributed by atoms with Crippen LogP contribution in [0.25, 0.3) is 0 Å². The van der Waals surface area contributed by atoms with E-state index >= 15 is 0 Å². The summed E-state index contributed by atoms with van der Waals surface area (Å²) in [5, 5.41) is 3.22. The van der Waals surface area contributed by atoms with Crippen LogP contribution in [0.3, 0.4) is 0 Å². The first-order valence-corrected chi connectivity index (χ1v) is 6.04. The molecule has 0 saturated heterocycles. The van der Waals surface area contributed by atoms with Crippen LogP contribution in [0.2, 0.25) is 0 Å². The molecule has 2 heteroatoms. The first-order valence-electron chi connectivity index (χ1n) is 6.04. The first-order chi connectivity index (χ1) is 7.92. The van der Waals surface area contributed by atoms with E-state index in [2.05, 4.69) is 35.1 Å². The maximum atomic E-state index is 4.48. The molecule has 0 spiro atoms. The first kappa shape index (κ1) is 11.2. The highest BCUT2D eigenvalue weighted by atomic mass is 14.8. The van der Waals surface area contributed by atoms with E-state index in [1.807, 2.05) is 12.3 Å². The fourth-order valence-electron chi connectivity index (χ4n) is 2.11. The summed E-state index contributed by atoms with van der Waals surface area (Å²) >= 11 is 0. The van der Waals surface area contributed by atoms with Gasteiger partial charge in [-0.25, -0.2) is 0 Å². The van der Waals surface area contributed by atoms with Crippen molar-refractivity contribution >= 4 is 0 Å². The molecule has 0 radical (unpaired) electrons. The molecule has 1 N–H and O–H groups in total. The molecule has 0 fully saturated rings. The normalized spacial score (nSPS) is 18.4. The summed E-state index contributed by atoms with van der Waals surface area (Å²) < 4.78 is 0. The lowest BCUT2D eigenvalue weighted by Crippen LogP contribution is -2.13. The summed E-state index contributed by atoms with van der Waals surface area (Å²) in [5.41, 5.74) is 2.59. The zero-order valence-electron chi connectivity index (χ0n) is 9.79. The molecule has 0 aromatic carbocycles. The third-order valence-electron chi connectivity index (χ3n) is 2.93. The van der Waals surface area contributed by atoms with Gasteiger partial charge in [0.2, 0.25) is 0 Å². The molecule has 1 heterocycles. The maximum Gasteiger partial charge on any atom is 0.0628 e. The molecule has 0 amide bonds. The van der Waals surface area contributed by atoms with Crippen molar-refractivity contribution < 1.29 is 0 Å². The highest BCUT2D eigenvalue weighted by Crippen LogP contribution is 2.28. The largest absolute Gasteiger partial charge is 0.307 e. The van der Waals surface area contributed by atoms with E-state index in [-0.39, 0.29) is 0 Å². The molecule has 0 aliphatic heterocycles. The lowest BCUT2D eigenvalue weighted by molar-refractivity contribution is 0.623. The van der Waals surface area contributed by atoms with Crippen molar-refractivity contribution in [1.29, 1.82) is 0 Å². The Morgan fingerprint density at radius 3 is 3.38 bits per heavy atom. The molecule has 84 valence electrons. The van der Waals surface area contributed by atoms with Crippen LogP contribution in [-0.4, -0.2) is 18.1 Å². The van der Waals surface area contributed by atoms with E-state index in [0.29, 0.717) is 5.92 Å². The van der Waals surface area contributed by atoms with E-state index < -0.39 is 0 Å². The Bertz CT molecular complexity index is 401. The van der Waals surface area contributed by atoms with E-state index in [1.165, 1.54) is 17.7 Å². The van der Waals surface area contributed by atoms with Crippen LogP contribution in [0.1, 0.15) is 36.9 Å². The second kappa shape index (κ2) is 5.67. The van der Waals surface area contributed by atoms with Gasteiger partial charge in [-0.2, -0.15) is 0 Å². The third-order valence-corrected chi connectivity index (χ3v) is 2.93. The van der Waals surface area contributed by atoms with Gasteiger partial charge in [-0.1, -0.05) is 24.8 Å². The molecule has 1 aromatic heterocycles. The van der Waals surface area contributed by atoms with E-state index in [1.54, 1.807) is 0 Å². The average molecular weight is 214 g/mol. The summed E-state index contributed by atoms with van der Waals surface area (Å²) in [6, 6.07) is 4.20. The summed E-state index contributed by atoms with van der Waals surface area (Å²) in [6.07, 6.45) is 5.43. The highest BCUT2D eigenvalue weighted by Gasteiger charge is 2.18. The molecule has 1 aliphatic carbocycles. The number of rotatable bonds is 2. The zero-order valence-corrected chi connectivity index (χ0v) is 9.79. The topological polar surface area (TPSA) is 24.9 Å². The van der Waals surface area contributed by atoms with Crippen molar-refractivity contribution in [2.75, 3.05) is 13.1 Å². The minimum absolute atomic E-state index is 0.351. The number of nitrogens with one attached hydrogen (secondary N) is 1. The number of hydrogen-bond acceptors (Lipinski definition) is 2. The van der Waals surface area contributed by atoms with Crippen LogP contribution in [-0.2, 0) is 6.42 Å². The van der Waals surface area contributed by atoms with Crippen molar-refractivity contribution in [1.82, 2.24) is 10.3 Å². The number of pyridine rings is 1. The van der Waals surface area contributed by atoms with Crippen molar-refractivity contribution in [2.24, 2.45) is 0 Å². The maximum absolute atomic E-state index is 4.48. The molecule has 1 aromatic rings. The van der Waals surface area contributed by atoms with Gasteiger partial charge in [0.25, 0.3) is 0 Å². The van der Waals surface area contributed by atoms with Gasteiger partial charge in [0.1, 0.15) is 0 Å². The molecule has 1 unspecified atom stereocenters. The van der Waals surface area contributed by atoms with Crippen LogP contribution < -0.4 is 5.32 Å². The minimum Gasteiger partial charge on any atom is -0.307 e. The van der Waals surface area contributed by atoms with E-state index in [0.717, 1.165) is 25.9 Å². The fraction of sp³-hybridized carbons (Fsp3) is 0.500. The Hall–Kier alpha value is -1.33. The molecule has 1 aliphatic rings. The third kappa shape index (κ3) is 2.62. The van der Waals surface area contributed by atoms with Gasteiger partial charge in [0.15, 0.2) is 0 Å². The summed E-state index contributed by atoms with van der Waals surface area (Å²) in [5.74, 6) is 6.88.